The van der Waals surface area contributed by atoms with Crippen LogP contribution in [0.2, 0.25) is 0 Å². The molecule has 7 heteroatoms. The molecule has 0 radical (unpaired) electrons. The molecule has 0 aliphatic rings. The molecule has 0 spiro atoms. The fraction of sp³-hybridized carbons (Fsp3) is 0.0400. The van der Waals surface area contributed by atoms with Crippen LogP contribution < -0.4 is 15.6 Å². The smallest absolute Gasteiger partial charge is 0.279 e. The summed E-state index contributed by atoms with van der Waals surface area (Å²) < 4.78 is 6.49. The Labute approximate surface area is 182 Å². The molecule has 0 saturated carbocycles. The molecule has 32 heavy (non-hydrogen) atoms. The summed E-state index contributed by atoms with van der Waals surface area (Å²) in [5, 5.41) is 9.06. The van der Waals surface area contributed by atoms with Gasteiger partial charge in [-0.05, 0) is 30.3 Å². The molecule has 0 atom stereocenters. The molecular weight excluding hydrogens is 404 g/mol. The SMILES string of the molecule is COc1cccc(-n2nc(C(=O)Nc3cnc4ccccc4c3)c3ccccc3c2=O)c1. The van der Waals surface area contributed by atoms with Crippen LogP contribution in [0.3, 0.4) is 0 Å². The fourth-order valence-electron chi connectivity index (χ4n) is 3.60. The van der Waals surface area contributed by atoms with E-state index >= 15 is 0 Å². The highest BCUT2D eigenvalue weighted by Crippen LogP contribution is 2.20. The lowest BCUT2D eigenvalue weighted by Gasteiger charge is -2.12. The molecule has 0 unspecified atom stereocenters. The summed E-state index contributed by atoms with van der Waals surface area (Å²) in [5.74, 6) is 0.146. The molecule has 0 aliphatic heterocycles. The van der Waals surface area contributed by atoms with Crippen molar-refractivity contribution in [2.45, 2.75) is 0 Å². The first-order valence-electron chi connectivity index (χ1n) is 9.97. The lowest BCUT2D eigenvalue weighted by Crippen LogP contribution is -2.26. The van der Waals surface area contributed by atoms with E-state index in [-0.39, 0.29) is 11.3 Å². The van der Waals surface area contributed by atoms with Gasteiger partial charge in [-0.15, -0.1) is 0 Å². The number of anilines is 1. The Morgan fingerprint density at radius 1 is 0.938 bits per heavy atom. The molecule has 0 fully saturated rings. The summed E-state index contributed by atoms with van der Waals surface area (Å²) in [6.45, 7) is 0. The number of nitrogens with one attached hydrogen (secondary N) is 1. The molecule has 5 rings (SSSR count). The van der Waals surface area contributed by atoms with Crippen molar-refractivity contribution in [3.63, 3.8) is 0 Å². The molecule has 0 saturated heterocycles. The number of amides is 1. The Hall–Kier alpha value is -4.52. The van der Waals surface area contributed by atoms with E-state index in [1.807, 2.05) is 30.3 Å². The zero-order valence-corrected chi connectivity index (χ0v) is 17.1. The Morgan fingerprint density at radius 3 is 2.56 bits per heavy atom. The topological polar surface area (TPSA) is 86.1 Å². The van der Waals surface area contributed by atoms with Crippen LogP contribution in [0.1, 0.15) is 10.5 Å². The van der Waals surface area contributed by atoms with E-state index in [0.29, 0.717) is 27.9 Å². The second-order valence-corrected chi connectivity index (χ2v) is 7.18. The van der Waals surface area contributed by atoms with Gasteiger partial charge >= 0.3 is 0 Å². The third kappa shape index (κ3) is 3.45. The van der Waals surface area contributed by atoms with Gasteiger partial charge in [0.1, 0.15) is 5.75 Å². The Balaban J connectivity index is 1.62. The average Bonchev–Trinajstić information content (AvgIpc) is 2.84. The number of nitrogens with zero attached hydrogens (tertiary/aromatic N) is 3. The summed E-state index contributed by atoms with van der Waals surface area (Å²) >= 11 is 0. The first-order valence-corrected chi connectivity index (χ1v) is 9.97. The third-order valence-corrected chi connectivity index (χ3v) is 5.17. The molecule has 2 heterocycles. The maximum atomic E-state index is 13.2. The summed E-state index contributed by atoms with van der Waals surface area (Å²) in [6, 6.07) is 23.4. The minimum atomic E-state index is -0.435. The first kappa shape index (κ1) is 19.4. The van der Waals surface area contributed by atoms with Crippen molar-refractivity contribution < 1.29 is 9.53 Å². The maximum Gasteiger partial charge on any atom is 0.279 e. The monoisotopic (exact) mass is 422 g/mol. The van der Waals surface area contributed by atoms with Crippen LogP contribution in [-0.4, -0.2) is 27.8 Å². The van der Waals surface area contributed by atoms with Crippen LogP contribution in [0.4, 0.5) is 5.69 Å². The van der Waals surface area contributed by atoms with E-state index in [4.69, 9.17) is 4.74 Å². The molecule has 1 N–H and O–H groups in total. The highest BCUT2D eigenvalue weighted by molar-refractivity contribution is 6.11. The van der Waals surface area contributed by atoms with Gasteiger partial charge in [0.15, 0.2) is 5.69 Å². The normalized spacial score (nSPS) is 10.9. The second kappa shape index (κ2) is 7.96. The highest BCUT2D eigenvalue weighted by atomic mass is 16.5. The Bertz CT molecular complexity index is 1540. The number of benzene rings is 3. The second-order valence-electron chi connectivity index (χ2n) is 7.18. The quantitative estimate of drug-likeness (QED) is 0.469. The first-order chi connectivity index (χ1) is 15.6. The molecule has 7 nitrogen and oxygen atoms in total. The summed E-state index contributed by atoms with van der Waals surface area (Å²) in [6.07, 6.45) is 1.60. The summed E-state index contributed by atoms with van der Waals surface area (Å²) in [4.78, 5) is 30.8. The lowest BCUT2D eigenvalue weighted by molar-refractivity contribution is 0.102. The van der Waals surface area contributed by atoms with Crippen molar-refractivity contribution in [2.75, 3.05) is 12.4 Å². The van der Waals surface area contributed by atoms with Gasteiger partial charge in [-0.25, -0.2) is 0 Å². The van der Waals surface area contributed by atoms with Crippen molar-refractivity contribution in [3.05, 3.63) is 101 Å². The Kier molecular flexibility index (Phi) is 4.84. The van der Waals surface area contributed by atoms with Gasteiger partial charge in [0.05, 0.1) is 35.6 Å². The number of rotatable bonds is 4. The van der Waals surface area contributed by atoms with E-state index in [2.05, 4.69) is 15.4 Å². The molecule has 0 aliphatic carbocycles. The summed E-state index contributed by atoms with van der Waals surface area (Å²) in [5.41, 5.74) is 1.69. The van der Waals surface area contributed by atoms with E-state index in [1.54, 1.807) is 61.8 Å². The van der Waals surface area contributed by atoms with Crippen molar-refractivity contribution in [1.29, 1.82) is 0 Å². The summed E-state index contributed by atoms with van der Waals surface area (Å²) in [7, 11) is 1.55. The molecule has 0 bridgehead atoms. The number of hydrogen-bond acceptors (Lipinski definition) is 5. The van der Waals surface area contributed by atoms with Crippen molar-refractivity contribution in [2.24, 2.45) is 0 Å². The maximum absolute atomic E-state index is 13.2. The molecule has 2 aromatic heterocycles. The van der Waals surface area contributed by atoms with Gasteiger partial charge in [-0.1, -0.05) is 42.5 Å². The van der Waals surface area contributed by atoms with Crippen LogP contribution in [0.25, 0.3) is 27.4 Å². The van der Waals surface area contributed by atoms with Gasteiger partial charge < -0.3 is 10.1 Å². The number of hydrogen-bond donors (Lipinski definition) is 1. The standard InChI is InChI=1S/C25H18N4O3/c1-32-19-9-6-8-18(14-19)29-25(31)21-11-4-3-10-20(21)23(28-29)24(30)27-17-13-16-7-2-5-12-22(16)26-15-17/h2-15H,1H3,(H,27,30). The molecule has 156 valence electrons. The van der Waals surface area contributed by atoms with E-state index in [0.717, 1.165) is 10.9 Å². The minimum Gasteiger partial charge on any atom is -0.497 e. The molecule has 3 aromatic carbocycles. The van der Waals surface area contributed by atoms with Gasteiger partial charge in [0.2, 0.25) is 0 Å². The van der Waals surface area contributed by atoms with Gasteiger partial charge in [0.25, 0.3) is 11.5 Å². The minimum absolute atomic E-state index is 0.135. The number of pyridine rings is 1. The zero-order chi connectivity index (χ0) is 22.1. The average molecular weight is 422 g/mol. The third-order valence-electron chi connectivity index (χ3n) is 5.17. The lowest BCUT2D eigenvalue weighted by atomic mass is 10.1. The predicted molar refractivity (Wildman–Crippen MR) is 124 cm³/mol. The largest absolute Gasteiger partial charge is 0.497 e. The molecule has 5 aromatic rings. The van der Waals surface area contributed by atoms with Crippen LogP contribution in [0, 0.1) is 0 Å². The number of carbonyl (C=O) groups excluding carboxylic acids is 1. The molecule has 1 amide bonds. The predicted octanol–water partition coefficient (Wildman–Crippen LogP) is 4.19. The fourth-order valence-corrected chi connectivity index (χ4v) is 3.60. The van der Waals surface area contributed by atoms with E-state index in [1.165, 1.54) is 4.68 Å². The number of aromatic nitrogens is 3. The molecular formula is C25H18N4O3. The van der Waals surface area contributed by atoms with Crippen molar-refractivity contribution in [3.8, 4) is 11.4 Å². The van der Waals surface area contributed by atoms with E-state index in [9.17, 15) is 9.59 Å². The number of para-hydroxylation sites is 1. The Morgan fingerprint density at radius 2 is 1.72 bits per heavy atom. The van der Waals surface area contributed by atoms with E-state index < -0.39 is 5.91 Å². The van der Waals surface area contributed by atoms with Crippen LogP contribution in [0.5, 0.6) is 5.75 Å². The van der Waals surface area contributed by atoms with Crippen LogP contribution in [0.15, 0.2) is 89.9 Å². The number of methoxy groups -OCH3 is 1. The number of carbonyl (C=O) groups is 1. The zero-order valence-electron chi connectivity index (χ0n) is 17.1. The van der Waals surface area contributed by atoms with Gasteiger partial charge in [-0.3, -0.25) is 14.6 Å². The van der Waals surface area contributed by atoms with Gasteiger partial charge in [-0.2, -0.15) is 9.78 Å². The van der Waals surface area contributed by atoms with Crippen molar-refractivity contribution >= 4 is 33.3 Å². The number of ether oxygens (including phenoxy) is 1. The van der Waals surface area contributed by atoms with Gasteiger partial charge in [0, 0.05) is 16.8 Å². The highest BCUT2D eigenvalue weighted by Gasteiger charge is 2.18. The van der Waals surface area contributed by atoms with Crippen LogP contribution in [-0.2, 0) is 0 Å². The van der Waals surface area contributed by atoms with Crippen LogP contribution >= 0.6 is 0 Å². The van der Waals surface area contributed by atoms with Crippen molar-refractivity contribution in [1.82, 2.24) is 14.8 Å². The number of fused-ring (bicyclic) bond motifs is 2.